The molecular weight excluding hydrogens is 198 g/mol. The molecule has 1 aliphatic rings. The maximum atomic E-state index is 10.6. The number of benzene rings is 1. The van der Waals surface area contributed by atoms with E-state index in [0.717, 1.165) is 25.1 Å². The van der Waals surface area contributed by atoms with Crippen LogP contribution < -0.4 is 4.90 Å². The topological polar surface area (TPSA) is 20.3 Å². The van der Waals surface area contributed by atoms with Gasteiger partial charge in [0.2, 0.25) is 0 Å². The van der Waals surface area contributed by atoms with Crippen molar-refractivity contribution in [1.82, 2.24) is 0 Å². The number of carbonyl (C=O) groups excluding carboxylic acids is 1. The standard InChI is InChI=1S/C11H12ClNO/c12-11-7-10(4-3-9(11)8-14)13-5-1-2-6-13/h3-4,7-8H,1-2,5-6H2. The van der Waals surface area contributed by atoms with Gasteiger partial charge in [0.25, 0.3) is 0 Å². The predicted molar refractivity (Wildman–Crippen MR) is 58.3 cm³/mol. The van der Waals surface area contributed by atoms with Crippen molar-refractivity contribution in [2.24, 2.45) is 0 Å². The van der Waals surface area contributed by atoms with E-state index in [-0.39, 0.29) is 0 Å². The number of aldehydes is 1. The van der Waals surface area contributed by atoms with Crippen molar-refractivity contribution in [3.05, 3.63) is 28.8 Å². The Labute approximate surface area is 88.5 Å². The molecule has 0 radical (unpaired) electrons. The molecule has 0 spiro atoms. The number of hydrogen-bond acceptors (Lipinski definition) is 2. The van der Waals surface area contributed by atoms with Crippen molar-refractivity contribution in [1.29, 1.82) is 0 Å². The zero-order chi connectivity index (χ0) is 9.97. The molecule has 14 heavy (non-hydrogen) atoms. The van der Waals surface area contributed by atoms with E-state index in [1.54, 1.807) is 6.07 Å². The second kappa shape index (κ2) is 4.01. The number of anilines is 1. The summed E-state index contributed by atoms with van der Waals surface area (Å²) in [5, 5.41) is 0.546. The highest BCUT2D eigenvalue weighted by molar-refractivity contribution is 6.33. The smallest absolute Gasteiger partial charge is 0.151 e. The SMILES string of the molecule is O=Cc1ccc(N2CCCC2)cc1Cl. The lowest BCUT2D eigenvalue weighted by atomic mass is 10.2. The molecule has 0 N–H and O–H groups in total. The van der Waals surface area contributed by atoms with Crippen molar-refractivity contribution in [2.75, 3.05) is 18.0 Å². The van der Waals surface area contributed by atoms with Gasteiger partial charge in [0.05, 0.1) is 5.02 Å². The second-order valence-corrected chi connectivity index (χ2v) is 3.93. The fraction of sp³-hybridized carbons (Fsp3) is 0.364. The molecule has 74 valence electrons. The first kappa shape index (κ1) is 9.53. The Balaban J connectivity index is 2.27. The summed E-state index contributed by atoms with van der Waals surface area (Å²) in [7, 11) is 0. The highest BCUT2D eigenvalue weighted by Crippen LogP contribution is 2.25. The molecule has 1 fully saturated rings. The zero-order valence-electron chi connectivity index (χ0n) is 7.87. The van der Waals surface area contributed by atoms with Gasteiger partial charge in [-0.25, -0.2) is 0 Å². The molecule has 1 aromatic carbocycles. The Morgan fingerprint density at radius 1 is 1.29 bits per heavy atom. The Morgan fingerprint density at radius 3 is 2.57 bits per heavy atom. The van der Waals surface area contributed by atoms with Gasteiger partial charge in [-0.05, 0) is 31.0 Å². The molecule has 0 atom stereocenters. The minimum Gasteiger partial charge on any atom is -0.371 e. The predicted octanol–water partition coefficient (Wildman–Crippen LogP) is 2.75. The Kier molecular flexibility index (Phi) is 2.73. The summed E-state index contributed by atoms with van der Waals surface area (Å²) < 4.78 is 0. The monoisotopic (exact) mass is 209 g/mol. The van der Waals surface area contributed by atoms with Gasteiger partial charge in [0.1, 0.15) is 0 Å². The number of nitrogens with zero attached hydrogens (tertiary/aromatic N) is 1. The van der Waals surface area contributed by atoms with Crippen LogP contribution in [0, 0.1) is 0 Å². The minimum absolute atomic E-state index is 0.546. The van der Waals surface area contributed by atoms with Crippen LogP contribution in [0.3, 0.4) is 0 Å². The van der Waals surface area contributed by atoms with Gasteiger partial charge in [0.15, 0.2) is 6.29 Å². The summed E-state index contributed by atoms with van der Waals surface area (Å²) >= 11 is 5.95. The quantitative estimate of drug-likeness (QED) is 0.699. The van der Waals surface area contributed by atoms with Crippen LogP contribution in [0.2, 0.25) is 5.02 Å². The first-order valence-corrected chi connectivity index (χ1v) is 5.19. The van der Waals surface area contributed by atoms with Gasteiger partial charge in [-0.3, -0.25) is 4.79 Å². The highest BCUT2D eigenvalue weighted by Gasteiger charge is 2.13. The number of rotatable bonds is 2. The van der Waals surface area contributed by atoms with Crippen LogP contribution in [-0.4, -0.2) is 19.4 Å². The zero-order valence-corrected chi connectivity index (χ0v) is 8.63. The molecule has 2 rings (SSSR count). The average Bonchev–Trinajstić information content (AvgIpc) is 2.70. The van der Waals surface area contributed by atoms with Gasteiger partial charge in [-0.15, -0.1) is 0 Å². The van der Waals surface area contributed by atoms with Gasteiger partial charge >= 0.3 is 0 Å². The molecule has 0 bridgehead atoms. The second-order valence-electron chi connectivity index (χ2n) is 3.52. The average molecular weight is 210 g/mol. The van der Waals surface area contributed by atoms with Gasteiger partial charge in [-0.1, -0.05) is 11.6 Å². The molecule has 3 heteroatoms. The summed E-state index contributed by atoms with van der Waals surface area (Å²) in [5.41, 5.74) is 1.69. The van der Waals surface area contributed by atoms with E-state index in [4.69, 9.17) is 11.6 Å². The summed E-state index contributed by atoms with van der Waals surface area (Å²) in [4.78, 5) is 12.9. The molecule has 1 aliphatic heterocycles. The maximum Gasteiger partial charge on any atom is 0.151 e. The lowest BCUT2D eigenvalue weighted by Crippen LogP contribution is -2.17. The normalized spacial score (nSPS) is 15.9. The van der Waals surface area contributed by atoms with E-state index in [1.165, 1.54) is 12.8 Å². The van der Waals surface area contributed by atoms with Crippen LogP contribution in [0.5, 0.6) is 0 Å². The van der Waals surface area contributed by atoms with Crippen LogP contribution >= 0.6 is 11.6 Å². The van der Waals surface area contributed by atoms with Crippen LogP contribution in [0.4, 0.5) is 5.69 Å². The number of halogens is 1. The van der Waals surface area contributed by atoms with Crippen LogP contribution in [0.15, 0.2) is 18.2 Å². The fourth-order valence-corrected chi connectivity index (χ4v) is 2.00. The maximum absolute atomic E-state index is 10.6. The largest absolute Gasteiger partial charge is 0.371 e. The third-order valence-corrected chi connectivity index (χ3v) is 2.91. The molecule has 0 saturated carbocycles. The van der Waals surface area contributed by atoms with Crippen molar-refractivity contribution >= 4 is 23.6 Å². The number of carbonyl (C=O) groups is 1. The van der Waals surface area contributed by atoms with Gasteiger partial charge < -0.3 is 4.90 Å². The third kappa shape index (κ3) is 1.75. The molecular formula is C11H12ClNO. The molecule has 0 unspecified atom stereocenters. The van der Waals surface area contributed by atoms with E-state index in [9.17, 15) is 4.79 Å². The van der Waals surface area contributed by atoms with Gasteiger partial charge in [-0.2, -0.15) is 0 Å². The van der Waals surface area contributed by atoms with Crippen LogP contribution in [0.25, 0.3) is 0 Å². The van der Waals surface area contributed by atoms with Crippen molar-refractivity contribution in [3.63, 3.8) is 0 Å². The Hall–Kier alpha value is -1.02. The van der Waals surface area contributed by atoms with E-state index >= 15 is 0 Å². The van der Waals surface area contributed by atoms with Crippen LogP contribution in [-0.2, 0) is 0 Å². The number of hydrogen-bond donors (Lipinski definition) is 0. The first-order valence-electron chi connectivity index (χ1n) is 4.81. The summed E-state index contributed by atoms with van der Waals surface area (Å²) in [6, 6.07) is 5.61. The summed E-state index contributed by atoms with van der Waals surface area (Å²) in [5.74, 6) is 0. The fourth-order valence-electron chi connectivity index (χ4n) is 1.78. The van der Waals surface area contributed by atoms with Crippen molar-refractivity contribution in [2.45, 2.75) is 12.8 Å². The van der Waals surface area contributed by atoms with E-state index in [2.05, 4.69) is 4.90 Å². The highest BCUT2D eigenvalue weighted by atomic mass is 35.5. The molecule has 2 nitrogen and oxygen atoms in total. The van der Waals surface area contributed by atoms with E-state index in [0.29, 0.717) is 10.6 Å². The molecule has 1 aromatic rings. The Bertz CT molecular complexity index is 345. The van der Waals surface area contributed by atoms with Gasteiger partial charge in [0, 0.05) is 24.3 Å². The Morgan fingerprint density at radius 2 is 2.00 bits per heavy atom. The molecule has 0 aliphatic carbocycles. The lowest BCUT2D eigenvalue weighted by molar-refractivity contribution is 0.112. The third-order valence-electron chi connectivity index (χ3n) is 2.58. The first-order chi connectivity index (χ1) is 6.81. The van der Waals surface area contributed by atoms with Crippen LogP contribution in [0.1, 0.15) is 23.2 Å². The van der Waals surface area contributed by atoms with E-state index in [1.807, 2.05) is 12.1 Å². The molecule has 1 heterocycles. The van der Waals surface area contributed by atoms with E-state index < -0.39 is 0 Å². The summed E-state index contributed by atoms with van der Waals surface area (Å²) in [6.45, 7) is 2.19. The molecule has 0 aromatic heterocycles. The van der Waals surface area contributed by atoms with Crippen molar-refractivity contribution in [3.8, 4) is 0 Å². The molecule has 1 saturated heterocycles. The summed E-state index contributed by atoms with van der Waals surface area (Å²) in [6.07, 6.45) is 3.27. The molecule has 0 amide bonds. The lowest BCUT2D eigenvalue weighted by Gasteiger charge is -2.17. The van der Waals surface area contributed by atoms with Crippen molar-refractivity contribution < 1.29 is 4.79 Å². The minimum atomic E-state index is 0.546.